The van der Waals surface area contributed by atoms with Gasteiger partial charge in [0, 0.05) is 12.5 Å². The van der Waals surface area contributed by atoms with Gasteiger partial charge in [0.15, 0.2) is 0 Å². The van der Waals surface area contributed by atoms with Crippen LogP contribution in [0.4, 0.5) is 5.69 Å². The van der Waals surface area contributed by atoms with Gasteiger partial charge in [-0.15, -0.1) is 0 Å². The first-order valence-electron chi connectivity index (χ1n) is 4.16. The average Bonchev–Trinajstić information content (AvgIpc) is 2.17. The molecule has 0 fully saturated rings. The number of hydrogen-bond donors (Lipinski definition) is 2. The van der Waals surface area contributed by atoms with E-state index >= 15 is 0 Å². The maximum atomic E-state index is 10.8. The molecule has 0 saturated carbocycles. The maximum Gasteiger partial charge on any atom is 0.248 e. The second-order valence-corrected chi connectivity index (χ2v) is 2.92. The van der Waals surface area contributed by atoms with Crippen molar-refractivity contribution in [2.24, 2.45) is 5.73 Å². The molecule has 1 aromatic carbocycles. The van der Waals surface area contributed by atoms with Gasteiger partial charge in [-0.1, -0.05) is 0 Å². The van der Waals surface area contributed by atoms with Crippen LogP contribution in [0.2, 0.25) is 0 Å². The molecule has 5 nitrogen and oxygen atoms in total. The predicted octanol–water partition coefficient (Wildman–Crippen LogP) is 0.616. The lowest BCUT2D eigenvalue weighted by atomic mass is 10.1. The third-order valence-corrected chi connectivity index (χ3v) is 1.74. The van der Waals surface area contributed by atoms with Crippen LogP contribution in [-0.2, 0) is 4.79 Å². The molecule has 0 aromatic heterocycles. The van der Waals surface area contributed by atoms with E-state index in [-0.39, 0.29) is 17.0 Å². The fourth-order valence-corrected chi connectivity index (χ4v) is 1.09. The number of anilines is 1. The number of nitriles is 1. The van der Waals surface area contributed by atoms with Crippen molar-refractivity contribution in [2.45, 2.75) is 6.92 Å². The van der Waals surface area contributed by atoms with Gasteiger partial charge in [0.05, 0.1) is 11.3 Å². The van der Waals surface area contributed by atoms with E-state index in [2.05, 4.69) is 5.32 Å². The van der Waals surface area contributed by atoms with E-state index in [9.17, 15) is 9.59 Å². The molecular weight excluding hydrogens is 194 g/mol. The second-order valence-electron chi connectivity index (χ2n) is 2.92. The topological polar surface area (TPSA) is 96.0 Å². The standard InChI is InChI=1S/C10H9N3O2/c1-6(14)13-9-3-2-7(10(12)15)4-8(9)5-11/h2-4H,1H3,(H2,12,15)(H,13,14). The first-order valence-corrected chi connectivity index (χ1v) is 4.16. The molecule has 15 heavy (non-hydrogen) atoms. The van der Waals surface area contributed by atoms with Crippen LogP contribution in [0.15, 0.2) is 18.2 Å². The number of rotatable bonds is 2. The number of nitrogens with two attached hydrogens (primary N) is 1. The molecule has 76 valence electrons. The zero-order valence-corrected chi connectivity index (χ0v) is 8.07. The third-order valence-electron chi connectivity index (χ3n) is 1.74. The lowest BCUT2D eigenvalue weighted by Crippen LogP contribution is -2.12. The highest BCUT2D eigenvalue weighted by Crippen LogP contribution is 2.16. The third kappa shape index (κ3) is 2.54. The summed E-state index contributed by atoms with van der Waals surface area (Å²) in [7, 11) is 0. The minimum atomic E-state index is -0.610. The van der Waals surface area contributed by atoms with Crippen LogP contribution in [0.25, 0.3) is 0 Å². The summed E-state index contributed by atoms with van der Waals surface area (Å²) in [6, 6.07) is 6.14. The Morgan fingerprint density at radius 2 is 2.13 bits per heavy atom. The summed E-state index contributed by atoms with van der Waals surface area (Å²) < 4.78 is 0. The van der Waals surface area contributed by atoms with E-state index in [0.717, 1.165) is 0 Å². The molecule has 2 amide bonds. The summed E-state index contributed by atoms with van der Waals surface area (Å²) in [5, 5.41) is 11.3. The van der Waals surface area contributed by atoms with Gasteiger partial charge in [-0.25, -0.2) is 0 Å². The van der Waals surface area contributed by atoms with Gasteiger partial charge in [-0.2, -0.15) is 5.26 Å². The van der Waals surface area contributed by atoms with Crippen LogP contribution < -0.4 is 11.1 Å². The van der Waals surface area contributed by atoms with Gasteiger partial charge >= 0.3 is 0 Å². The zero-order chi connectivity index (χ0) is 11.4. The SMILES string of the molecule is CC(=O)Nc1ccc(C(N)=O)cc1C#N. The zero-order valence-electron chi connectivity index (χ0n) is 8.07. The molecule has 0 bridgehead atoms. The van der Waals surface area contributed by atoms with Gasteiger partial charge in [-0.3, -0.25) is 9.59 Å². The fraction of sp³-hybridized carbons (Fsp3) is 0.100. The van der Waals surface area contributed by atoms with Crippen LogP contribution in [0.3, 0.4) is 0 Å². The summed E-state index contributed by atoms with van der Waals surface area (Å²) in [6.45, 7) is 1.34. The van der Waals surface area contributed by atoms with Crippen LogP contribution in [0.5, 0.6) is 0 Å². The van der Waals surface area contributed by atoms with Crippen molar-refractivity contribution in [3.8, 4) is 6.07 Å². The smallest absolute Gasteiger partial charge is 0.248 e. The Morgan fingerprint density at radius 1 is 1.47 bits per heavy atom. The minimum Gasteiger partial charge on any atom is -0.366 e. The van der Waals surface area contributed by atoms with Crippen LogP contribution in [-0.4, -0.2) is 11.8 Å². The van der Waals surface area contributed by atoms with Crippen molar-refractivity contribution in [3.63, 3.8) is 0 Å². The molecule has 0 radical (unpaired) electrons. The highest BCUT2D eigenvalue weighted by molar-refractivity contribution is 5.95. The monoisotopic (exact) mass is 203 g/mol. The quantitative estimate of drug-likeness (QED) is 0.737. The largest absolute Gasteiger partial charge is 0.366 e. The summed E-state index contributed by atoms with van der Waals surface area (Å²) in [6.07, 6.45) is 0. The number of nitrogens with zero attached hydrogens (tertiary/aromatic N) is 1. The summed E-state index contributed by atoms with van der Waals surface area (Å²) in [5.41, 5.74) is 5.87. The maximum absolute atomic E-state index is 10.8. The molecule has 0 atom stereocenters. The number of carbonyl (C=O) groups excluding carboxylic acids is 2. The van der Waals surface area contributed by atoms with Crippen LogP contribution in [0, 0.1) is 11.3 Å². The van der Waals surface area contributed by atoms with E-state index in [1.807, 2.05) is 6.07 Å². The lowest BCUT2D eigenvalue weighted by molar-refractivity contribution is -0.114. The van der Waals surface area contributed by atoms with Crippen molar-refractivity contribution in [2.75, 3.05) is 5.32 Å². The molecule has 0 heterocycles. The van der Waals surface area contributed by atoms with E-state index in [1.165, 1.54) is 25.1 Å². The number of nitrogens with one attached hydrogen (secondary N) is 1. The second kappa shape index (κ2) is 4.24. The molecule has 5 heteroatoms. The van der Waals surface area contributed by atoms with E-state index in [4.69, 9.17) is 11.0 Å². The fourth-order valence-electron chi connectivity index (χ4n) is 1.09. The number of primary amides is 1. The molecule has 0 aliphatic rings. The molecule has 0 aliphatic carbocycles. The average molecular weight is 203 g/mol. The molecule has 0 saturated heterocycles. The molecule has 0 spiro atoms. The summed E-state index contributed by atoms with van der Waals surface area (Å²) in [4.78, 5) is 21.6. The predicted molar refractivity (Wildman–Crippen MR) is 54.0 cm³/mol. The Kier molecular flexibility index (Phi) is 3.03. The number of benzene rings is 1. The van der Waals surface area contributed by atoms with Gasteiger partial charge < -0.3 is 11.1 Å². The van der Waals surface area contributed by atoms with Crippen molar-refractivity contribution in [3.05, 3.63) is 29.3 Å². The number of amides is 2. The van der Waals surface area contributed by atoms with E-state index < -0.39 is 5.91 Å². The van der Waals surface area contributed by atoms with Crippen molar-refractivity contribution >= 4 is 17.5 Å². The van der Waals surface area contributed by atoms with E-state index in [0.29, 0.717) is 5.69 Å². The molecule has 3 N–H and O–H groups in total. The first kappa shape index (κ1) is 10.7. The Bertz CT molecular complexity index is 460. The van der Waals surface area contributed by atoms with Crippen molar-refractivity contribution < 1.29 is 9.59 Å². The molecule has 0 unspecified atom stereocenters. The van der Waals surface area contributed by atoms with E-state index in [1.54, 1.807) is 0 Å². The minimum absolute atomic E-state index is 0.210. The normalized spacial score (nSPS) is 9.07. The highest BCUT2D eigenvalue weighted by atomic mass is 16.1. The van der Waals surface area contributed by atoms with Gasteiger partial charge in [0.1, 0.15) is 6.07 Å². The molecule has 0 aliphatic heterocycles. The summed E-state index contributed by atoms with van der Waals surface area (Å²) in [5.74, 6) is -0.890. The molecular formula is C10H9N3O2. The number of carbonyl (C=O) groups is 2. The Balaban J connectivity index is 3.16. The first-order chi connectivity index (χ1) is 7.04. The number of hydrogen-bond acceptors (Lipinski definition) is 3. The van der Waals surface area contributed by atoms with Gasteiger partial charge in [-0.05, 0) is 18.2 Å². The Hall–Kier alpha value is -2.35. The Labute approximate surface area is 86.5 Å². The Morgan fingerprint density at radius 3 is 2.60 bits per heavy atom. The van der Waals surface area contributed by atoms with Crippen molar-refractivity contribution in [1.29, 1.82) is 5.26 Å². The summed E-state index contributed by atoms with van der Waals surface area (Å²) >= 11 is 0. The van der Waals surface area contributed by atoms with Crippen molar-refractivity contribution in [1.82, 2.24) is 0 Å². The van der Waals surface area contributed by atoms with Crippen LogP contribution >= 0.6 is 0 Å². The highest BCUT2D eigenvalue weighted by Gasteiger charge is 2.07. The van der Waals surface area contributed by atoms with Gasteiger partial charge in [0.2, 0.25) is 11.8 Å². The molecule has 1 aromatic rings. The van der Waals surface area contributed by atoms with Crippen LogP contribution in [0.1, 0.15) is 22.8 Å². The molecule has 1 rings (SSSR count). The van der Waals surface area contributed by atoms with Gasteiger partial charge in [0.25, 0.3) is 0 Å². The lowest BCUT2D eigenvalue weighted by Gasteiger charge is -2.05.